The first-order valence-electron chi connectivity index (χ1n) is 7.08. The Bertz CT molecular complexity index is 463. The third-order valence-corrected chi connectivity index (χ3v) is 4.33. The van der Waals surface area contributed by atoms with E-state index in [-0.39, 0.29) is 5.92 Å². The molecule has 1 unspecified atom stereocenters. The molecule has 3 rings (SSSR count). The van der Waals surface area contributed by atoms with E-state index in [0.29, 0.717) is 12.5 Å². The van der Waals surface area contributed by atoms with Crippen LogP contribution in [-0.4, -0.2) is 33.8 Å². The number of rotatable bonds is 3. The smallest absolute Gasteiger partial charge is 0.308 e. The summed E-state index contributed by atoms with van der Waals surface area (Å²) < 4.78 is 7.51. The number of carboxylic acid groups (broad SMARTS) is 1. The zero-order chi connectivity index (χ0) is 13.2. The summed E-state index contributed by atoms with van der Waals surface area (Å²) in [6, 6.07) is 0. The second kappa shape index (κ2) is 5.33. The van der Waals surface area contributed by atoms with Gasteiger partial charge in [-0.2, -0.15) is 0 Å². The molecule has 104 valence electrons. The van der Waals surface area contributed by atoms with Crippen LogP contribution in [0.3, 0.4) is 0 Å². The van der Waals surface area contributed by atoms with Crippen LogP contribution in [0.15, 0.2) is 6.20 Å². The van der Waals surface area contributed by atoms with Crippen molar-refractivity contribution in [3.8, 4) is 0 Å². The molecule has 1 atom stereocenters. The molecule has 3 heterocycles. The largest absolute Gasteiger partial charge is 0.481 e. The van der Waals surface area contributed by atoms with Gasteiger partial charge in [0.25, 0.3) is 0 Å². The molecule has 0 aromatic carbocycles. The second-order valence-corrected chi connectivity index (χ2v) is 5.61. The summed E-state index contributed by atoms with van der Waals surface area (Å²) in [7, 11) is 0. The van der Waals surface area contributed by atoms with Crippen molar-refractivity contribution in [2.75, 3.05) is 13.2 Å². The first-order valence-corrected chi connectivity index (χ1v) is 7.08. The second-order valence-electron chi connectivity index (χ2n) is 5.61. The summed E-state index contributed by atoms with van der Waals surface area (Å²) in [6.07, 6.45) is 6.62. The number of carboxylic acids is 1. The molecule has 0 saturated carbocycles. The molecule has 0 bridgehead atoms. The number of aliphatic carboxylic acids is 1. The maximum atomic E-state index is 11.1. The van der Waals surface area contributed by atoms with Gasteiger partial charge in [-0.25, -0.2) is 4.98 Å². The standard InChI is InChI=1S/C14H20N2O3/c17-14(18)11-1-2-12-8-15-13(16(12)9-11)7-10-3-5-19-6-4-10/h8,10-11H,1-7,9H2,(H,17,18). The number of carbonyl (C=O) groups is 1. The van der Waals surface area contributed by atoms with E-state index in [1.54, 1.807) is 0 Å². The van der Waals surface area contributed by atoms with Crippen LogP contribution in [0.4, 0.5) is 0 Å². The van der Waals surface area contributed by atoms with Gasteiger partial charge in [-0.15, -0.1) is 0 Å². The van der Waals surface area contributed by atoms with Gasteiger partial charge in [-0.3, -0.25) is 4.79 Å². The number of aryl methyl sites for hydroxylation is 1. The van der Waals surface area contributed by atoms with Crippen LogP contribution in [0.25, 0.3) is 0 Å². The van der Waals surface area contributed by atoms with E-state index in [0.717, 1.165) is 51.1 Å². The van der Waals surface area contributed by atoms with Gasteiger partial charge in [0.1, 0.15) is 5.82 Å². The lowest BCUT2D eigenvalue weighted by molar-refractivity contribution is -0.142. The average Bonchev–Trinajstić information content (AvgIpc) is 2.82. The normalized spacial score (nSPS) is 24.1. The Labute approximate surface area is 112 Å². The summed E-state index contributed by atoms with van der Waals surface area (Å²) in [5.41, 5.74) is 1.19. The summed E-state index contributed by atoms with van der Waals surface area (Å²) in [5.74, 6) is 0.754. The maximum absolute atomic E-state index is 11.1. The summed E-state index contributed by atoms with van der Waals surface area (Å²) in [5, 5.41) is 9.16. The Morgan fingerprint density at radius 2 is 2.21 bits per heavy atom. The van der Waals surface area contributed by atoms with E-state index >= 15 is 0 Å². The minimum atomic E-state index is -0.684. The van der Waals surface area contributed by atoms with E-state index in [1.165, 1.54) is 5.69 Å². The van der Waals surface area contributed by atoms with Crippen molar-refractivity contribution in [3.05, 3.63) is 17.7 Å². The van der Waals surface area contributed by atoms with Crippen molar-refractivity contribution in [1.82, 2.24) is 9.55 Å². The Morgan fingerprint density at radius 3 is 2.95 bits per heavy atom. The molecule has 0 radical (unpaired) electrons. The lowest BCUT2D eigenvalue weighted by Crippen LogP contribution is -2.28. The molecule has 2 aliphatic heterocycles. The Hall–Kier alpha value is -1.36. The average molecular weight is 264 g/mol. The summed E-state index contributed by atoms with van der Waals surface area (Å²) in [6.45, 7) is 2.27. The van der Waals surface area contributed by atoms with Crippen LogP contribution in [0.5, 0.6) is 0 Å². The Balaban J connectivity index is 1.73. The third kappa shape index (κ3) is 2.66. The van der Waals surface area contributed by atoms with Gasteiger partial charge in [-0.05, 0) is 31.6 Å². The highest BCUT2D eigenvalue weighted by molar-refractivity contribution is 5.70. The molecule has 2 aliphatic rings. The van der Waals surface area contributed by atoms with Gasteiger partial charge in [-0.1, -0.05) is 0 Å². The molecule has 1 N–H and O–H groups in total. The number of hydrogen-bond acceptors (Lipinski definition) is 3. The zero-order valence-electron chi connectivity index (χ0n) is 11.0. The van der Waals surface area contributed by atoms with Crippen molar-refractivity contribution in [3.63, 3.8) is 0 Å². The van der Waals surface area contributed by atoms with Crippen LogP contribution in [0.1, 0.15) is 30.8 Å². The molecular weight excluding hydrogens is 244 g/mol. The predicted octanol–water partition coefficient (Wildman–Crippen LogP) is 1.50. The quantitative estimate of drug-likeness (QED) is 0.898. The Morgan fingerprint density at radius 1 is 1.42 bits per heavy atom. The molecule has 5 heteroatoms. The van der Waals surface area contributed by atoms with Crippen molar-refractivity contribution in [2.24, 2.45) is 11.8 Å². The summed E-state index contributed by atoms with van der Waals surface area (Å²) >= 11 is 0. The van der Waals surface area contributed by atoms with E-state index in [9.17, 15) is 4.79 Å². The number of hydrogen-bond donors (Lipinski definition) is 1. The molecule has 0 aliphatic carbocycles. The van der Waals surface area contributed by atoms with Crippen molar-refractivity contribution < 1.29 is 14.6 Å². The fraction of sp³-hybridized carbons (Fsp3) is 0.714. The molecule has 19 heavy (non-hydrogen) atoms. The van der Waals surface area contributed by atoms with Crippen LogP contribution < -0.4 is 0 Å². The lowest BCUT2D eigenvalue weighted by atomic mass is 9.95. The molecular formula is C14H20N2O3. The topological polar surface area (TPSA) is 64.3 Å². The van der Waals surface area contributed by atoms with Gasteiger partial charge >= 0.3 is 5.97 Å². The predicted molar refractivity (Wildman–Crippen MR) is 68.9 cm³/mol. The fourth-order valence-electron chi connectivity index (χ4n) is 3.08. The monoisotopic (exact) mass is 264 g/mol. The third-order valence-electron chi connectivity index (χ3n) is 4.33. The van der Waals surface area contributed by atoms with E-state index in [1.807, 2.05) is 6.20 Å². The van der Waals surface area contributed by atoms with Gasteiger partial charge in [0.05, 0.1) is 5.92 Å². The lowest BCUT2D eigenvalue weighted by Gasteiger charge is -2.25. The van der Waals surface area contributed by atoms with Gasteiger partial charge < -0.3 is 14.4 Å². The molecule has 1 aromatic heterocycles. The molecule has 1 saturated heterocycles. The number of fused-ring (bicyclic) bond motifs is 1. The van der Waals surface area contributed by atoms with Crippen molar-refractivity contribution in [1.29, 1.82) is 0 Å². The van der Waals surface area contributed by atoms with Gasteiger partial charge in [0.15, 0.2) is 0 Å². The maximum Gasteiger partial charge on any atom is 0.308 e. The minimum Gasteiger partial charge on any atom is -0.481 e. The van der Waals surface area contributed by atoms with Crippen LogP contribution in [0.2, 0.25) is 0 Å². The summed E-state index contributed by atoms with van der Waals surface area (Å²) in [4.78, 5) is 15.7. The molecule has 1 aromatic rings. The van der Waals surface area contributed by atoms with Crippen molar-refractivity contribution >= 4 is 5.97 Å². The van der Waals surface area contributed by atoms with E-state index < -0.39 is 5.97 Å². The van der Waals surface area contributed by atoms with Gasteiger partial charge in [0, 0.05) is 38.1 Å². The highest BCUT2D eigenvalue weighted by Gasteiger charge is 2.27. The van der Waals surface area contributed by atoms with Crippen LogP contribution in [0, 0.1) is 11.8 Å². The number of imidazole rings is 1. The molecule has 1 fully saturated rings. The zero-order valence-corrected chi connectivity index (χ0v) is 11.0. The van der Waals surface area contributed by atoms with E-state index in [2.05, 4.69) is 9.55 Å². The first kappa shape index (κ1) is 12.7. The number of nitrogens with zero attached hydrogens (tertiary/aromatic N) is 2. The molecule has 0 spiro atoms. The Kier molecular flexibility index (Phi) is 3.55. The van der Waals surface area contributed by atoms with Crippen LogP contribution in [-0.2, 0) is 28.9 Å². The minimum absolute atomic E-state index is 0.255. The van der Waals surface area contributed by atoms with Gasteiger partial charge in [0.2, 0.25) is 0 Å². The molecule has 5 nitrogen and oxygen atoms in total. The highest BCUT2D eigenvalue weighted by Crippen LogP contribution is 2.25. The SMILES string of the molecule is O=C(O)C1CCc2cnc(CC3CCOCC3)n2C1. The number of ether oxygens (including phenoxy) is 1. The fourth-order valence-corrected chi connectivity index (χ4v) is 3.08. The molecule has 0 amide bonds. The van der Waals surface area contributed by atoms with Crippen LogP contribution >= 0.6 is 0 Å². The highest BCUT2D eigenvalue weighted by atomic mass is 16.5. The number of aromatic nitrogens is 2. The first-order chi connectivity index (χ1) is 9.24. The van der Waals surface area contributed by atoms with E-state index in [4.69, 9.17) is 9.84 Å². The van der Waals surface area contributed by atoms with Crippen molar-refractivity contribution in [2.45, 2.75) is 38.6 Å².